The molecule has 0 aliphatic carbocycles. The fourth-order valence-electron chi connectivity index (χ4n) is 1.58. The van der Waals surface area contributed by atoms with Crippen molar-refractivity contribution in [1.82, 2.24) is 4.72 Å². The summed E-state index contributed by atoms with van der Waals surface area (Å²) in [4.78, 5) is -0.497. The smallest absolute Gasteiger partial charge is 0.245 e. The summed E-state index contributed by atoms with van der Waals surface area (Å²) in [6.07, 6.45) is 0.514. The second-order valence-corrected chi connectivity index (χ2v) is 6.58. The summed E-state index contributed by atoms with van der Waals surface area (Å²) in [5, 5.41) is 0. The van der Waals surface area contributed by atoms with Crippen LogP contribution in [0.3, 0.4) is 0 Å². The number of hydrogen-bond acceptors (Lipinski definition) is 4. The molecule has 0 radical (unpaired) electrons. The van der Waals surface area contributed by atoms with E-state index >= 15 is 0 Å². The number of hydrogen-bond donors (Lipinski definition) is 2. The Kier molecular flexibility index (Phi) is 6.38. The summed E-state index contributed by atoms with van der Waals surface area (Å²) >= 11 is 0. The molecule has 5 nitrogen and oxygen atoms in total. The maximum Gasteiger partial charge on any atom is 0.245 e. The van der Waals surface area contributed by atoms with Gasteiger partial charge in [0, 0.05) is 19.8 Å². The highest BCUT2D eigenvalue weighted by Crippen LogP contribution is 2.21. The number of nitrogen functional groups attached to an aromatic ring is 1. The predicted octanol–water partition coefficient (Wildman–Crippen LogP) is 1.75. The lowest BCUT2D eigenvalue weighted by atomic mass is 10.2. The molecule has 20 heavy (non-hydrogen) atoms. The van der Waals surface area contributed by atoms with Crippen molar-refractivity contribution in [3.8, 4) is 0 Å². The molecule has 7 heteroatoms. The van der Waals surface area contributed by atoms with Crippen LogP contribution in [0.5, 0.6) is 0 Å². The highest BCUT2D eigenvalue weighted by Gasteiger charge is 2.21. The fourth-order valence-corrected chi connectivity index (χ4v) is 2.84. The maximum absolute atomic E-state index is 13.5. The number of ether oxygens (including phenoxy) is 1. The van der Waals surface area contributed by atoms with E-state index in [1.165, 1.54) is 12.1 Å². The van der Waals surface area contributed by atoms with Gasteiger partial charge in [0.1, 0.15) is 10.7 Å². The van der Waals surface area contributed by atoms with Crippen molar-refractivity contribution in [1.29, 1.82) is 0 Å². The van der Waals surface area contributed by atoms with E-state index in [0.29, 0.717) is 25.6 Å². The van der Waals surface area contributed by atoms with E-state index < -0.39 is 20.7 Å². The van der Waals surface area contributed by atoms with E-state index in [0.717, 1.165) is 6.07 Å². The van der Waals surface area contributed by atoms with Gasteiger partial charge in [-0.05, 0) is 24.5 Å². The Morgan fingerprint density at radius 2 is 2.10 bits per heavy atom. The van der Waals surface area contributed by atoms with Crippen LogP contribution >= 0.6 is 0 Å². The molecule has 0 bridgehead atoms. The normalized spacial score (nSPS) is 12.0. The number of rotatable bonds is 8. The van der Waals surface area contributed by atoms with Crippen molar-refractivity contribution in [2.75, 3.05) is 25.5 Å². The third-order valence-electron chi connectivity index (χ3n) is 2.47. The molecule has 0 spiro atoms. The summed E-state index contributed by atoms with van der Waals surface area (Å²) in [5.41, 5.74) is 5.41. The molecule has 0 heterocycles. The number of sulfonamides is 1. The molecule has 0 saturated heterocycles. The Labute approximate surface area is 119 Å². The minimum atomic E-state index is -3.93. The lowest BCUT2D eigenvalue weighted by Gasteiger charge is -2.10. The van der Waals surface area contributed by atoms with Gasteiger partial charge in [0.15, 0.2) is 0 Å². The van der Waals surface area contributed by atoms with Gasteiger partial charge in [0.05, 0.1) is 5.69 Å². The third-order valence-corrected chi connectivity index (χ3v) is 4.03. The van der Waals surface area contributed by atoms with Crippen LogP contribution in [0.25, 0.3) is 0 Å². The van der Waals surface area contributed by atoms with Crippen LogP contribution in [0.15, 0.2) is 23.1 Å². The van der Waals surface area contributed by atoms with Gasteiger partial charge in [0.25, 0.3) is 0 Å². The third kappa shape index (κ3) is 5.07. The van der Waals surface area contributed by atoms with Gasteiger partial charge in [-0.2, -0.15) is 0 Å². The van der Waals surface area contributed by atoms with Gasteiger partial charge < -0.3 is 10.5 Å². The van der Waals surface area contributed by atoms with Crippen molar-refractivity contribution in [3.63, 3.8) is 0 Å². The molecule has 0 aliphatic rings. The Morgan fingerprint density at radius 1 is 1.40 bits per heavy atom. The van der Waals surface area contributed by atoms with Crippen molar-refractivity contribution in [2.45, 2.75) is 25.2 Å². The second kappa shape index (κ2) is 7.56. The number of anilines is 1. The molecular weight excluding hydrogens is 283 g/mol. The average molecular weight is 304 g/mol. The number of halogens is 1. The van der Waals surface area contributed by atoms with E-state index in [4.69, 9.17) is 10.5 Å². The summed E-state index contributed by atoms with van der Waals surface area (Å²) < 4.78 is 45.1. The summed E-state index contributed by atoms with van der Waals surface area (Å²) in [6.45, 7) is 5.32. The van der Waals surface area contributed by atoms with Crippen LogP contribution < -0.4 is 10.5 Å². The fraction of sp³-hybridized carbons (Fsp3) is 0.538. The molecule has 0 unspecified atom stereocenters. The zero-order valence-corrected chi connectivity index (χ0v) is 12.5. The van der Waals surface area contributed by atoms with Gasteiger partial charge >= 0.3 is 0 Å². The van der Waals surface area contributed by atoms with Crippen LogP contribution in [0.4, 0.5) is 10.1 Å². The first-order valence-electron chi connectivity index (χ1n) is 6.46. The van der Waals surface area contributed by atoms with Gasteiger partial charge in [-0.15, -0.1) is 0 Å². The average Bonchev–Trinajstić information content (AvgIpc) is 2.32. The largest absolute Gasteiger partial charge is 0.398 e. The Hall–Kier alpha value is -1.18. The molecule has 3 N–H and O–H groups in total. The van der Waals surface area contributed by atoms with E-state index in [-0.39, 0.29) is 12.2 Å². The molecule has 1 aromatic rings. The molecule has 1 rings (SSSR count). The van der Waals surface area contributed by atoms with E-state index in [1.807, 2.05) is 13.8 Å². The lowest BCUT2D eigenvalue weighted by molar-refractivity contribution is 0.108. The molecule has 0 fully saturated rings. The molecule has 0 saturated carbocycles. The predicted molar refractivity (Wildman–Crippen MR) is 76.3 cm³/mol. The van der Waals surface area contributed by atoms with E-state index in [2.05, 4.69) is 4.72 Å². The summed E-state index contributed by atoms with van der Waals surface area (Å²) in [7, 11) is -3.93. The molecule has 0 atom stereocenters. The Bertz CT molecular complexity index is 512. The van der Waals surface area contributed by atoms with Gasteiger partial charge in [-0.25, -0.2) is 17.5 Å². The minimum absolute atomic E-state index is 0.103. The number of benzene rings is 1. The highest BCUT2D eigenvalue weighted by atomic mass is 32.2. The lowest BCUT2D eigenvalue weighted by Crippen LogP contribution is -2.27. The van der Waals surface area contributed by atoms with E-state index in [1.54, 1.807) is 0 Å². The number of nitrogens with two attached hydrogens (primary N) is 1. The second-order valence-electron chi connectivity index (χ2n) is 4.88. The van der Waals surface area contributed by atoms with Crippen LogP contribution in [0, 0.1) is 11.7 Å². The molecular formula is C13H21FN2O3S. The highest BCUT2D eigenvalue weighted by molar-refractivity contribution is 7.89. The summed E-state index contributed by atoms with van der Waals surface area (Å²) in [6, 6.07) is 3.78. The Morgan fingerprint density at radius 3 is 2.70 bits per heavy atom. The quantitative estimate of drug-likeness (QED) is 0.566. The van der Waals surface area contributed by atoms with E-state index in [9.17, 15) is 12.8 Å². The standard InChI is InChI=1S/C13H21FN2O3S/c1-10(2)9-19-8-4-7-16-20(17,18)13-11(14)5-3-6-12(13)15/h3,5-6,10,16H,4,7-9,15H2,1-2H3. The summed E-state index contributed by atoms with van der Waals surface area (Å²) in [5.74, 6) is -0.418. The molecule has 1 aromatic carbocycles. The molecule has 0 amide bonds. The van der Waals surface area contributed by atoms with Crippen LogP contribution in [0.1, 0.15) is 20.3 Å². The van der Waals surface area contributed by atoms with Crippen LogP contribution in [-0.2, 0) is 14.8 Å². The van der Waals surface area contributed by atoms with Gasteiger partial charge in [-0.3, -0.25) is 0 Å². The monoisotopic (exact) mass is 304 g/mol. The van der Waals surface area contributed by atoms with Crippen LogP contribution in [-0.4, -0.2) is 28.2 Å². The minimum Gasteiger partial charge on any atom is -0.398 e. The SMILES string of the molecule is CC(C)COCCCNS(=O)(=O)c1c(N)cccc1F. The zero-order chi connectivity index (χ0) is 15.2. The molecule has 114 valence electrons. The first kappa shape index (κ1) is 16.9. The maximum atomic E-state index is 13.5. The number of nitrogens with one attached hydrogen (secondary N) is 1. The first-order chi connectivity index (χ1) is 9.34. The van der Waals surface area contributed by atoms with Crippen molar-refractivity contribution >= 4 is 15.7 Å². The van der Waals surface area contributed by atoms with Crippen LogP contribution in [0.2, 0.25) is 0 Å². The van der Waals surface area contributed by atoms with Crippen molar-refractivity contribution in [2.24, 2.45) is 5.92 Å². The van der Waals surface area contributed by atoms with Gasteiger partial charge in [-0.1, -0.05) is 19.9 Å². The van der Waals surface area contributed by atoms with Gasteiger partial charge in [0.2, 0.25) is 10.0 Å². The zero-order valence-electron chi connectivity index (χ0n) is 11.7. The first-order valence-corrected chi connectivity index (χ1v) is 7.94. The Balaban J connectivity index is 2.50. The molecule has 0 aliphatic heterocycles. The molecule has 0 aromatic heterocycles. The van der Waals surface area contributed by atoms with Crippen molar-refractivity contribution < 1.29 is 17.5 Å². The van der Waals surface area contributed by atoms with Crippen molar-refractivity contribution in [3.05, 3.63) is 24.0 Å². The topological polar surface area (TPSA) is 81.4 Å².